The first kappa shape index (κ1) is 74.8. The number of H-pyrrole nitrogens is 3. The highest BCUT2D eigenvalue weighted by atomic mass is 16.2. The zero-order valence-electron chi connectivity index (χ0n) is 54.9. The Morgan fingerprint density at radius 3 is 1.15 bits per heavy atom. The fourth-order valence-electron chi connectivity index (χ4n) is 11.3. The maximum atomic E-state index is 15.3. The summed E-state index contributed by atoms with van der Waals surface area (Å²) < 4.78 is 0. The molecule has 0 fully saturated rings. The number of primary amides is 1. The minimum absolute atomic E-state index is 0.0360. The van der Waals surface area contributed by atoms with Crippen LogP contribution in [0.4, 0.5) is 0 Å². The maximum Gasteiger partial charge on any atom is 0.243 e. The average Bonchev–Trinajstić information content (AvgIpc) is 1.65. The van der Waals surface area contributed by atoms with Gasteiger partial charge < -0.3 is 98.0 Å². The molecule has 0 aliphatic carbocycles. The highest BCUT2D eigenvalue weighted by molar-refractivity contribution is 5.99. The minimum Gasteiger partial charge on any atom is -0.370 e. The van der Waals surface area contributed by atoms with E-state index in [4.69, 9.17) is 45.9 Å². The predicted octanol–water partition coefficient (Wildman–Crippen LogP) is 1.47. The summed E-state index contributed by atoms with van der Waals surface area (Å²) in [4.78, 5) is 136. The number of hydrogen-bond acceptors (Lipinski definition) is 12. The van der Waals surface area contributed by atoms with E-state index < -0.39 is 83.6 Å². The van der Waals surface area contributed by atoms with Crippen molar-refractivity contribution in [2.24, 2.45) is 60.8 Å². The van der Waals surface area contributed by atoms with Crippen molar-refractivity contribution < 1.29 is 38.4 Å². The molecule has 520 valence electrons. The topological polar surface area (TPSA) is 513 Å². The number of carbonyl (C=O) groups is 8. The van der Waals surface area contributed by atoms with Gasteiger partial charge in [-0.2, -0.15) is 0 Å². The second-order valence-corrected chi connectivity index (χ2v) is 24.1. The number of nitrogens with one attached hydrogen (secondary N) is 10. The molecule has 0 radical (unpaired) electrons. The molecule has 8 amide bonds. The molecule has 29 nitrogen and oxygen atoms in total. The van der Waals surface area contributed by atoms with Gasteiger partial charge in [-0.3, -0.25) is 53.3 Å². The van der Waals surface area contributed by atoms with Crippen molar-refractivity contribution in [1.29, 1.82) is 0 Å². The van der Waals surface area contributed by atoms with Gasteiger partial charge in [-0.1, -0.05) is 100 Å². The molecule has 7 atom stereocenters. The van der Waals surface area contributed by atoms with Crippen LogP contribution in [0.3, 0.4) is 0 Å². The summed E-state index contributed by atoms with van der Waals surface area (Å²) >= 11 is 0. The van der Waals surface area contributed by atoms with Gasteiger partial charge in [0.1, 0.15) is 36.3 Å². The van der Waals surface area contributed by atoms with E-state index in [0.29, 0.717) is 48.9 Å². The summed E-state index contributed by atoms with van der Waals surface area (Å²) in [6.07, 6.45) is 14.6. The quantitative estimate of drug-likeness (QED) is 0.0146. The van der Waals surface area contributed by atoms with Gasteiger partial charge in [0.2, 0.25) is 47.3 Å². The Balaban J connectivity index is 1.27. The summed E-state index contributed by atoms with van der Waals surface area (Å²) in [7, 11) is 0. The van der Waals surface area contributed by atoms with Gasteiger partial charge in [0.25, 0.3) is 0 Å². The molecule has 6 rings (SSSR count). The maximum absolute atomic E-state index is 15.3. The largest absolute Gasteiger partial charge is 0.370 e. The van der Waals surface area contributed by atoms with Crippen molar-refractivity contribution in [3.63, 3.8) is 0 Å². The lowest BCUT2D eigenvalue weighted by molar-refractivity contribution is -0.135. The van der Waals surface area contributed by atoms with Crippen molar-refractivity contribution >= 4 is 97.8 Å². The molecule has 0 aliphatic heterocycles. The number of carbonyl (C=O) groups excluding carboxylic acids is 8. The Bertz CT molecular complexity index is 3600. The van der Waals surface area contributed by atoms with E-state index in [-0.39, 0.29) is 101 Å². The number of fused-ring (bicyclic) bond motifs is 3. The second kappa shape index (κ2) is 39.5. The summed E-state index contributed by atoms with van der Waals surface area (Å²) in [5, 5.41) is 22.2. The molecule has 3 heterocycles. The van der Waals surface area contributed by atoms with Crippen LogP contribution < -0.4 is 83.1 Å². The molecule has 0 spiro atoms. The summed E-state index contributed by atoms with van der Waals surface area (Å²) in [5.41, 5.74) is 50.1. The molecule has 6 aromatic rings. The Kier molecular flexibility index (Phi) is 30.8. The molecule has 0 saturated carbocycles. The number of guanidine groups is 3. The highest BCUT2D eigenvalue weighted by Gasteiger charge is 2.35. The molecule has 29 heteroatoms. The Morgan fingerprint density at radius 2 is 0.740 bits per heavy atom. The van der Waals surface area contributed by atoms with Crippen LogP contribution >= 0.6 is 0 Å². The first-order chi connectivity index (χ1) is 46.2. The number of nitrogens with zero attached hydrogens (tertiary/aromatic N) is 3. The third kappa shape index (κ3) is 24.9. The first-order valence-electron chi connectivity index (χ1n) is 33.2. The number of rotatable bonds is 44. The van der Waals surface area contributed by atoms with Gasteiger partial charge in [-0.25, -0.2) is 0 Å². The van der Waals surface area contributed by atoms with Crippen molar-refractivity contribution in [2.45, 2.75) is 178 Å². The van der Waals surface area contributed by atoms with E-state index >= 15 is 14.4 Å². The van der Waals surface area contributed by atoms with Crippen LogP contribution in [-0.4, -0.2) is 149 Å². The van der Waals surface area contributed by atoms with E-state index in [1.165, 1.54) is 19.3 Å². The van der Waals surface area contributed by atoms with E-state index in [9.17, 15) is 24.0 Å². The lowest BCUT2D eigenvalue weighted by Gasteiger charge is -2.28. The van der Waals surface area contributed by atoms with E-state index in [1.807, 2.05) is 72.8 Å². The van der Waals surface area contributed by atoms with Crippen molar-refractivity contribution in [1.82, 2.24) is 52.2 Å². The molecule has 26 N–H and O–H groups in total. The van der Waals surface area contributed by atoms with Gasteiger partial charge in [0, 0.05) is 103 Å². The number of aromatic nitrogens is 3. The van der Waals surface area contributed by atoms with E-state index in [1.54, 1.807) is 18.6 Å². The van der Waals surface area contributed by atoms with Crippen LogP contribution in [0, 0.1) is 0 Å². The molecule has 0 saturated heterocycles. The van der Waals surface area contributed by atoms with Crippen LogP contribution in [0.5, 0.6) is 0 Å². The monoisotopic (exact) mass is 1330 g/mol. The van der Waals surface area contributed by atoms with Gasteiger partial charge >= 0.3 is 0 Å². The Hall–Kier alpha value is -10.2. The molecule has 96 heavy (non-hydrogen) atoms. The number of unbranched alkanes of at least 4 members (excludes halogenated alkanes) is 7. The summed E-state index contributed by atoms with van der Waals surface area (Å²) in [6, 6.07) is 12.9. The van der Waals surface area contributed by atoms with Crippen molar-refractivity contribution in [3.05, 3.63) is 108 Å². The van der Waals surface area contributed by atoms with Crippen LogP contribution in [-0.2, 0) is 57.6 Å². The molecule has 0 aliphatic rings. The predicted molar refractivity (Wildman–Crippen MR) is 374 cm³/mol. The fourth-order valence-corrected chi connectivity index (χ4v) is 11.3. The third-order valence-corrected chi connectivity index (χ3v) is 16.6. The van der Waals surface area contributed by atoms with Crippen LogP contribution in [0.15, 0.2) is 106 Å². The second-order valence-electron chi connectivity index (χ2n) is 24.1. The SMILES string of the molecule is CCCCCCCCCC(=O)NCCCC[C@H](NC(=O)[C@@H](Cc1c[nH]c2ccccc12)NC(=O)[C@H](CCCN=C(N)N)NC(=O)[C@@H](Cc1c[nH]c2ccccc12)NC(=O)[C@@H](CCCN=C(N)N)NC(=O)[C@H](Cc1c[nH]c2ccccc12)NC(=O)[C@H](N)CCCN=C(N)N)C(N)=O. The van der Waals surface area contributed by atoms with Gasteiger partial charge in [-0.15, -0.1) is 0 Å². The van der Waals surface area contributed by atoms with Crippen LogP contribution in [0.1, 0.15) is 133 Å². The number of amides is 8. The number of aromatic amines is 3. The number of hydrogen-bond donors (Lipinski definition) is 18. The normalized spacial score (nSPS) is 13.4. The lowest BCUT2D eigenvalue weighted by atomic mass is 10.0. The van der Waals surface area contributed by atoms with Crippen molar-refractivity contribution in [3.8, 4) is 0 Å². The van der Waals surface area contributed by atoms with E-state index in [0.717, 1.165) is 58.4 Å². The average molecular weight is 1330 g/mol. The standard InChI is InChI=1S/C67H99N21O8/c1-2-3-4-5-6-7-8-30-57(89)76-31-16-15-27-51(58(69)90)83-62(94)55(36-42-39-81-49-25-13-10-21-45(42)49)87-60(92)53(29-19-34-79-67(74)75)85-64(96)56(37-43-40-82-50-26-14-11-22-46(43)50)88-61(93)52(28-18-33-78-66(72)73)84-63(95)54(35-41-38-80-48-24-12-9-20-44(41)48)86-59(91)47(68)23-17-32-77-65(70)71/h9-14,20-22,24-26,38-40,47,51-56,80-82H,2-8,15-19,23,27-37,68H2,1H3,(H2,69,90)(H,76,89)(H,83,94)(H,84,95)(H,85,96)(H,86,91)(H,87,92)(H,88,93)(H4,70,71,77)(H4,72,73,78)(H4,74,75,79)/t47-,51+,52-,53+,54+,55-,56-/m1/s1. The molecule has 3 aromatic heterocycles. The van der Waals surface area contributed by atoms with Crippen molar-refractivity contribution in [2.75, 3.05) is 26.2 Å². The first-order valence-corrected chi connectivity index (χ1v) is 33.2. The Morgan fingerprint density at radius 1 is 0.396 bits per heavy atom. The summed E-state index contributed by atoms with van der Waals surface area (Å²) in [6.45, 7) is 2.83. The number of aliphatic imine (C=N–C) groups is 3. The number of nitrogens with two attached hydrogens (primary N) is 8. The number of benzene rings is 3. The molecule has 3 aromatic carbocycles. The van der Waals surface area contributed by atoms with Gasteiger partial charge in [0.05, 0.1) is 6.04 Å². The highest BCUT2D eigenvalue weighted by Crippen LogP contribution is 2.23. The molecule has 0 unspecified atom stereocenters. The van der Waals surface area contributed by atoms with Gasteiger partial charge in [-0.05, 0) is 99.1 Å². The Labute approximate surface area is 558 Å². The molecule has 0 bridgehead atoms. The molecular formula is C67H99N21O8. The lowest BCUT2D eigenvalue weighted by Crippen LogP contribution is -2.60. The minimum atomic E-state index is -1.46. The zero-order valence-corrected chi connectivity index (χ0v) is 54.9. The fraction of sp³-hybridized carbons (Fsp3) is 0.478. The summed E-state index contributed by atoms with van der Waals surface area (Å²) in [5.74, 6) is -6.02. The smallest absolute Gasteiger partial charge is 0.243 e. The molecular weight excluding hydrogens is 1230 g/mol. The van der Waals surface area contributed by atoms with Crippen LogP contribution in [0.25, 0.3) is 32.7 Å². The third-order valence-electron chi connectivity index (χ3n) is 16.6. The number of para-hydroxylation sites is 3. The van der Waals surface area contributed by atoms with Gasteiger partial charge in [0.15, 0.2) is 17.9 Å². The zero-order chi connectivity index (χ0) is 69.4. The van der Waals surface area contributed by atoms with Crippen LogP contribution in [0.2, 0.25) is 0 Å². The van der Waals surface area contributed by atoms with E-state index in [2.05, 4.69) is 74.1 Å².